The average Bonchev–Trinajstić information content (AvgIpc) is 3.64. The molecule has 0 spiro atoms. The van der Waals surface area contributed by atoms with Crippen molar-refractivity contribution in [2.75, 3.05) is 4.90 Å². The monoisotopic (exact) mass is 642 g/mol. The van der Waals surface area contributed by atoms with Gasteiger partial charge in [-0.15, -0.1) is 0 Å². The van der Waals surface area contributed by atoms with Crippen LogP contribution >= 0.6 is 0 Å². The Hall–Kier alpha value is -6.85. The molecule has 236 valence electrons. The van der Waals surface area contributed by atoms with Crippen LogP contribution in [0.1, 0.15) is 0 Å². The quantitative estimate of drug-likeness (QED) is 0.173. The van der Waals surface area contributed by atoms with Gasteiger partial charge in [0.25, 0.3) is 0 Å². The summed E-state index contributed by atoms with van der Waals surface area (Å²) in [5.74, 6) is 0.603. The molecule has 2 aromatic heterocycles. The topological polar surface area (TPSA) is 55.1 Å². The van der Waals surface area contributed by atoms with Gasteiger partial charge in [0.1, 0.15) is 5.52 Å². The van der Waals surface area contributed by atoms with Crippen LogP contribution in [0.3, 0.4) is 0 Å². The summed E-state index contributed by atoms with van der Waals surface area (Å²) >= 11 is 0. The third-order valence-corrected chi connectivity index (χ3v) is 8.92. The number of anilines is 3. The lowest BCUT2D eigenvalue weighted by Crippen LogP contribution is -2.10. The predicted molar refractivity (Wildman–Crippen MR) is 204 cm³/mol. The minimum absolute atomic E-state index is 0.603. The van der Waals surface area contributed by atoms with Gasteiger partial charge in [0.05, 0.1) is 22.4 Å². The van der Waals surface area contributed by atoms with Crippen molar-refractivity contribution in [1.29, 1.82) is 0 Å². The fourth-order valence-corrected chi connectivity index (χ4v) is 6.40. The Kier molecular flexibility index (Phi) is 7.41. The highest BCUT2D eigenvalue weighted by Crippen LogP contribution is 2.39. The van der Waals surface area contributed by atoms with Gasteiger partial charge in [-0.1, -0.05) is 109 Å². The van der Waals surface area contributed by atoms with Crippen LogP contribution in [0.15, 0.2) is 186 Å². The molecular formula is C45H30N4O. The third kappa shape index (κ3) is 5.57. The summed E-state index contributed by atoms with van der Waals surface area (Å²) in [5, 5.41) is 0. The summed E-state index contributed by atoms with van der Waals surface area (Å²) < 4.78 is 6.07. The van der Waals surface area contributed by atoms with Gasteiger partial charge in [0, 0.05) is 33.8 Å². The van der Waals surface area contributed by atoms with E-state index in [9.17, 15) is 0 Å². The van der Waals surface area contributed by atoms with E-state index in [0.717, 1.165) is 67.3 Å². The minimum Gasteiger partial charge on any atom is -0.436 e. The van der Waals surface area contributed by atoms with Crippen molar-refractivity contribution >= 4 is 39.2 Å². The molecule has 5 nitrogen and oxygen atoms in total. The van der Waals surface area contributed by atoms with Crippen LogP contribution in [0.2, 0.25) is 0 Å². The molecular weight excluding hydrogens is 613 g/mol. The third-order valence-electron chi connectivity index (χ3n) is 8.92. The van der Waals surface area contributed by atoms with E-state index >= 15 is 0 Å². The Labute approximate surface area is 289 Å². The number of hydrogen-bond acceptors (Lipinski definition) is 5. The van der Waals surface area contributed by atoms with E-state index in [1.165, 1.54) is 11.1 Å². The van der Waals surface area contributed by atoms with E-state index in [0.29, 0.717) is 5.89 Å². The molecule has 0 aliphatic carbocycles. The highest BCUT2D eigenvalue weighted by molar-refractivity contribution is 5.87. The molecule has 0 aliphatic rings. The summed E-state index contributed by atoms with van der Waals surface area (Å²) in [4.78, 5) is 17.2. The number of oxazole rings is 1. The number of aromatic nitrogens is 3. The van der Waals surface area contributed by atoms with Crippen LogP contribution in [-0.4, -0.2) is 15.0 Å². The Morgan fingerprint density at radius 1 is 0.320 bits per heavy atom. The van der Waals surface area contributed by atoms with Crippen LogP contribution < -0.4 is 4.90 Å². The molecule has 9 aromatic rings. The normalized spacial score (nSPS) is 11.2. The van der Waals surface area contributed by atoms with Crippen molar-refractivity contribution in [2.24, 2.45) is 0 Å². The van der Waals surface area contributed by atoms with Crippen molar-refractivity contribution in [3.63, 3.8) is 0 Å². The summed E-state index contributed by atoms with van der Waals surface area (Å²) in [6.07, 6.45) is 0. The average molecular weight is 643 g/mol. The summed E-state index contributed by atoms with van der Waals surface area (Å²) in [7, 11) is 0. The van der Waals surface area contributed by atoms with Gasteiger partial charge in [-0.05, 0) is 83.9 Å². The Morgan fingerprint density at radius 2 is 0.720 bits per heavy atom. The smallest absolute Gasteiger partial charge is 0.227 e. The lowest BCUT2D eigenvalue weighted by atomic mass is 10.0. The summed E-state index contributed by atoms with van der Waals surface area (Å²) in [6.45, 7) is 0. The van der Waals surface area contributed by atoms with E-state index in [4.69, 9.17) is 19.4 Å². The molecule has 0 radical (unpaired) electrons. The lowest BCUT2D eigenvalue weighted by molar-refractivity contribution is 0.620. The zero-order valence-electron chi connectivity index (χ0n) is 27.0. The Balaban J connectivity index is 1.12. The first kappa shape index (κ1) is 29.3. The van der Waals surface area contributed by atoms with Crippen molar-refractivity contribution in [3.8, 4) is 45.1 Å². The fourth-order valence-electron chi connectivity index (χ4n) is 6.40. The zero-order chi connectivity index (χ0) is 33.3. The number of nitrogens with zero attached hydrogens (tertiary/aromatic N) is 4. The lowest BCUT2D eigenvalue weighted by Gasteiger charge is -2.26. The van der Waals surface area contributed by atoms with Gasteiger partial charge in [0.2, 0.25) is 5.89 Å². The number of hydrogen-bond donors (Lipinski definition) is 0. The van der Waals surface area contributed by atoms with E-state index in [1.807, 2.05) is 72.8 Å². The molecule has 0 atom stereocenters. The second-order valence-corrected chi connectivity index (χ2v) is 12.1. The molecule has 2 heterocycles. The molecule has 0 saturated heterocycles. The van der Waals surface area contributed by atoms with Gasteiger partial charge in [-0.3, -0.25) is 0 Å². The van der Waals surface area contributed by atoms with Gasteiger partial charge >= 0.3 is 0 Å². The highest BCUT2D eigenvalue weighted by atomic mass is 16.3. The molecule has 50 heavy (non-hydrogen) atoms. The second kappa shape index (κ2) is 12.6. The molecule has 5 heteroatoms. The molecule has 7 aromatic carbocycles. The minimum atomic E-state index is 0.603. The van der Waals surface area contributed by atoms with Crippen molar-refractivity contribution in [3.05, 3.63) is 182 Å². The Bertz CT molecular complexity index is 2530. The van der Waals surface area contributed by atoms with Gasteiger partial charge in [-0.25, -0.2) is 15.0 Å². The zero-order valence-corrected chi connectivity index (χ0v) is 27.0. The van der Waals surface area contributed by atoms with Crippen LogP contribution in [0.5, 0.6) is 0 Å². The number of fused-ring (bicyclic) bond motifs is 2. The number of para-hydroxylation sites is 4. The molecule has 0 fully saturated rings. The largest absolute Gasteiger partial charge is 0.436 e. The summed E-state index contributed by atoms with van der Waals surface area (Å²) in [6, 6.07) is 62.2. The predicted octanol–water partition coefficient (Wildman–Crippen LogP) is 11.9. The number of benzene rings is 7. The first-order chi connectivity index (χ1) is 24.8. The molecule has 0 N–H and O–H groups in total. The van der Waals surface area contributed by atoms with E-state index < -0.39 is 0 Å². The van der Waals surface area contributed by atoms with Crippen LogP contribution in [0, 0.1) is 0 Å². The first-order valence-electron chi connectivity index (χ1n) is 16.6. The van der Waals surface area contributed by atoms with Crippen LogP contribution in [0.4, 0.5) is 17.1 Å². The SMILES string of the molecule is c1ccc(-c2ccc(N(c3ccc(-c4nc5ccccc5o4)cc3)c3ccc(-c4nc5ccccc5nc4-c4ccccc4)cc3)cc2)cc1. The van der Waals surface area contributed by atoms with Crippen molar-refractivity contribution in [1.82, 2.24) is 15.0 Å². The standard InChI is InChI=1S/C45H30N4O/c1-3-11-31(12-4-1)32-19-25-36(26-20-32)49(38-29-23-35(24-30-38)45-48-41-17-9-10-18-42(41)50-45)37-27-21-34(22-28-37)44-43(33-13-5-2-6-14-33)46-39-15-7-8-16-40(39)47-44/h1-30H. The van der Waals surface area contributed by atoms with Crippen LogP contribution in [0.25, 0.3) is 67.2 Å². The molecule has 9 rings (SSSR count). The molecule has 0 aliphatic heterocycles. The molecule has 0 saturated carbocycles. The second-order valence-electron chi connectivity index (χ2n) is 12.1. The van der Waals surface area contributed by atoms with Crippen molar-refractivity contribution < 1.29 is 4.42 Å². The van der Waals surface area contributed by atoms with Crippen molar-refractivity contribution in [2.45, 2.75) is 0 Å². The number of rotatable bonds is 7. The van der Waals surface area contributed by atoms with Gasteiger partial charge in [-0.2, -0.15) is 0 Å². The summed E-state index contributed by atoms with van der Waals surface area (Å²) in [5.41, 5.74) is 13.4. The maximum Gasteiger partial charge on any atom is 0.227 e. The van der Waals surface area contributed by atoms with Gasteiger partial charge < -0.3 is 9.32 Å². The van der Waals surface area contributed by atoms with Crippen LogP contribution in [-0.2, 0) is 0 Å². The molecule has 0 amide bonds. The molecule has 0 unspecified atom stereocenters. The van der Waals surface area contributed by atoms with E-state index in [1.54, 1.807) is 0 Å². The highest BCUT2D eigenvalue weighted by Gasteiger charge is 2.17. The van der Waals surface area contributed by atoms with Gasteiger partial charge in [0.15, 0.2) is 5.58 Å². The maximum atomic E-state index is 6.07. The van der Waals surface area contributed by atoms with E-state index in [-0.39, 0.29) is 0 Å². The maximum absolute atomic E-state index is 6.07. The fraction of sp³-hybridized carbons (Fsp3) is 0. The Morgan fingerprint density at radius 3 is 1.26 bits per heavy atom. The first-order valence-corrected chi connectivity index (χ1v) is 16.6. The van der Waals surface area contributed by atoms with E-state index in [2.05, 4.69) is 114 Å². The molecule has 0 bridgehead atoms.